The Bertz CT molecular complexity index is 375. The van der Waals surface area contributed by atoms with Gasteiger partial charge in [0, 0.05) is 7.11 Å². The molecule has 3 nitrogen and oxygen atoms in total. The van der Waals surface area contributed by atoms with E-state index in [2.05, 4.69) is 37.4 Å². The van der Waals surface area contributed by atoms with Gasteiger partial charge in [-0.25, -0.2) is 0 Å². The molecule has 0 heterocycles. The number of hydrogen-bond acceptors (Lipinski definition) is 3. The van der Waals surface area contributed by atoms with Gasteiger partial charge in [-0.1, -0.05) is 26.0 Å². The van der Waals surface area contributed by atoms with Crippen molar-refractivity contribution < 1.29 is 9.47 Å². The van der Waals surface area contributed by atoms with Crippen LogP contribution in [0.25, 0.3) is 0 Å². The maximum atomic E-state index is 5.79. The average molecular weight is 279 g/mol. The van der Waals surface area contributed by atoms with Crippen molar-refractivity contribution in [1.29, 1.82) is 0 Å². The highest BCUT2D eigenvalue weighted by Gasteiger charge is 2.21. The van der Waals surface area contributed by atoms with Gasteiger partial charge in [0.2, 0.25) is 0 Å². The normalized spacial score (nSPS) is 14.3. The van der Waals surface area contributed by atoms with Crippen LogP contribution in [-0.4, -0.2) is 25.9 Å². The lowest BCUT2D eigenvalue weighted by Crippen LogP contribution is -2.33. The summed E-state index contributed by atoms with van der Waals surface area (Å²) in [4.78, 5) is 0. The van der Waals surface area contributed by atoms with Gasteiger partial charge in [0.15, 0.2) is 0 Å². The maximum absolute atomic E-state index is 5.79. The van der Waals surface area contributed by atoms with Crippen LogP contribution in [0.3, 0.4) is 0 Å². The predicted octanol–water partition coefficient (Wildman–Crippen LogP) is 3.94. The molecule has 0 aliphatic carbocycles. The van der Waals surface area contributed by atoms with E-state index in [-0.39, 0.29) is 18.2 Å². The summed E-state index contributed by atoms with van der Waals surface area (Å²) in [5.41, 5.74) is 1.23. The summed E-state index contributed by atoms with van der Waals surface area (Å²) >= 11 is 0. The van der Waals surface area contributed by atoms with E-state index in [1.807, 2.05) is 19.9 Å². The average Bonchev–Trinajstić information content (AvgIpc) is 2.43. The van der Waals surface area contributed by atoms with Gasteiger partial charge in [0.05, 0.1) is 18.2 Å². The van der Waals surface area contributed by atoms with Gasteiger partial charge in [-0.05, 0) is 50.9 Å². The first kappa shape index (κ1) is 17.0. The molecule has 2 unspecified atom stereocenters. The van der Waals surface area contributed by atoms with Crippen LogP contribution in [0.2, 0.25) is 0 Å². The van der Waals surface area contributed by atoms with E-state index in [4.69, 9.17) is 9.47 Å². The molecular formula is C17H29NO2. The van der Waals surface area contributed by atoms with Crippen molar-refractivity contribution in [3.63, 3.8) is 0 Å². The molecule has 1 N–H and O–H groups in total. The highest BCUT2D eigenvalue weighted by molar-refractivity contribution is 5.31. The second kappa shape index (κ2) is 8.98. The first-order valence-electron chi connectivity index (χ1n) is 7.65. The summed E-state index contributed by atoms with van der Waals surface area (Å²) in [5, 5.41) is 3.59. The Balaban J connectivity index is 2.93. The number of methoxy groups -OCH3 is 1. The molecule has 0 aromatic heterocycles. The molecule has 3 heteroatoms. The molecule has 2 atom stereocenters. The van der Waals surface area contributed by atoms with Gasteiger partial charge in [0.25, 0.3) is 0 Å². The maximum Gasteiger partial charge on any atom is 0.120 e. The van der Waals surface area contributed by atoms with Gasteiger partial charge in [-0.2, -0.15) is 0 Å². The second-order valence-electron chi connectivity index (χ2n) is 5.35. The highest BCUT2D eigenvalue weighted by Crippen LogP contribution is 2.25. The van der Waals surface area contributed by atoms with Gasteiger partial charge in [-0.3, -0.25) is 0 Å². The standard InChI is InChI=1S/C17H29NO2/c1-6-11-18-17(16(7-2)19-5)14-9-8-10-15(12-14)20-13(3)4/h8-10,12-13,16-18H,6-7,11H2,1-5H3. The fraction of sp³-hybridized carbons (Fsp3) is 0.647. The Morgan fingerprint density at radius 3 is 2.50 bits per heavy atom. The van der Waals surface area contributed by atoms with E-state index in [1.54, 1.807) is 7.11 Å². The van der Waals surface area contributed by atoms with Crippen LogP contribution in [0.1, 0.15) is 52.1 Å². The summed E-state index contributed by atoms with van der Waals surface area (Å²) in [5.74, 6) is 0.923. The lowest BCUT2D eigenvalue weighted by Gasteiger charge is -2.27. The Morgan fingerprint density at radius 1 is 1.20 bits per heavy atom. The van der Waals surface area contributed by atoms with E-state index in [9.17, 15) is 0 Å². The van der Waals surface area contributed by atoms with Crippen LogP contribution >= 0.6 is 0 Å². The van der Waals surface area contributed by atoms with Crippen LogP contribution in [0.5, 0.6) is 5.75 Å². The van der Waals surface area contributed by atoms with Crippen LogP contribution < -0.4 is 10.1 Å². The quantitative estimate of drug-likeness (QED) is 0.742. The van der Waals surface area contributed by atoms with Gasteiger partial charge in [-0.15, -0.1) is 0 Å². The second-order valence-corrected chi connectivity index (χ2v) is 5.35. The number of benzene rings is 1. The summed E-state index contributed by atoms with van der Waals surface area (Å²) in [7, 11) is 1.78. The van der Waals surface area contributed by atoms with Gasteiger partial charge in [0.1, 0.15) is 5.75 Å². The Hall–Kier alpha value is -1.06. The van der Waals surface area contributed by atoms with Crippen LogP contribution in [0.4, 0.5) is 0 Å². The molecule has 0 bridgehead atoms. The summed E-state index contributed by atoms with van der Waals surface area (Å²) in [6, 6.07) is 8.53. The van der Waals surface area contributed by atoms with Crippen molar-refractivity contribution in [3.8, 4) is 5.75 Å². The van der Waals surface area contributed by atoms with E-state index >= 15 is 0 Å². The molecule has 0 amide bonds. The zero-order valence-corrected chi connectivity index (χ0v) is 13.5. The Morgan fingerprint density at radius 2 is 1.95 bits per heavy atom. The van der Waals surface area contributed by atoms with Crippen LogP contribution in [0.15, 0.2) is 24.3 Å². The minimum Gasteiger partial charge on any atom is -0.491 e. The first-order chi connectivity index (χ1) is 9.62. The molecule has 0 aliphatic rings. The summed E-state index contributed by atoms with van der Waals surface area (Å²) < 4.78 is 11.4. The van der Waals surface area contributed by atoms with Crippen molar-refractivity contribution in [2.24, 2.45) is 0 Å². The van der Waals surface area contributed by atoms with Crippen molar-refractivity contribution in [3.05, 3.63) is 29.8 Å². The highest BCUT2D eigenvalue weighted by atomic mass is 16.5. The zero-order chi connectivity index (χ0) is 15.0. The van der Waals surface area contributed by atoms with Crippen molar-refractivity contribution in [2.75, 3.05) is 13.7 Å². The largest absolute Gasteiger partial charge is 0.491 e. The van der Waals surface area contributed by atoms with Gasteiger partial charge < -0.3 is 14.8 Å². The molecule has 0 saturated carbocycles. The lowest BCUT2D eigenvalue weighted by molar-refractivity contribution is 0.0650. The minimum absolute atomic E-state index is 0.177. The third kappa shape index (κ3) is 5.14. The van der Waals surface area contributed by atoms with E-state index in [1.165, 1.54) is 5.56 Å². The van der Waals surface area contributed by atoms with E-state index in [0.29, 0.717) is 0 Å². The Kier molecular flexibility index (Phi) is 7.63. The number of nitrogens with one attached hydrogen (secondary N) is 1. The molecule has 0 radical (unpaired) electrons. The molecule has 20 heavy (non-hydrogen) atoms. The number of rotatable bonds is 9. The zero-order valence-electron chi connectivity index (χ0n) is 13.5. The molecule has 0 spiro atoms. The Labute approximate surface area is 123 Å². The molecule has 0 aliphatic heterocycles. The number of hydrogen-bond donors (Lipinski definition) is 1. The van der Waals surface area contributed by atoms with Crippen molar-refractivity contribution in [1.82, 2.24) is 5.32 Å². The molecule has 1 rings (SSSR count). The third-order valence-electron chi connectivity index (χ3n) is 3.28. The topological polar surface area (TPSA) is 30.5 Å². The smallest absolute Gasteiger partial charge is 0.120 e. The fourth-order valence-corrected chi connectivity index (χ4v) is 2.36. The van der Waals surface area contributed by atoms with Crippen LogP contribution in [0, 0.1) is 0 Å². The molecule has 114 valence electrons. The molecule has 0 saturated heterocycles. The first-order valence-corrected chi connectivity index (χ1v) is 7.65. The van der Waals surface area contributed by atoms with Crippen LogP contribution in [-0.2, 0) is 4.74 Å². The molecular weight excluding hydrogens is 250 g/mol. The van der Waals surface area contributed by atoms with E-state index in [0.717, 1.165) is 25.1 Å². The summed E-state index contributed by atoms with van der Waals surface area (Å²) in [6.07, 6.45) is 2.46. The molecule has 1 aromatic carbocycles. The number of ether oxygens (including phenoxy) is 2. The molecule has 1 aromatic rings. The fourth-order valence-electron chi connectivity index (χ4n) is 2.36. The van der Waals surface area contributed by atoms with Crippen molar-refractivity contribution in [2.45, 2.75) is 58.8 Å². The predicted molar refractivity (Wildman–Crippen MR) is 84.3 cm³/mol. The minimum atomic E-state index is 0.177. The summed E-state index contributed by atoms with van der Waals surface area (Å²) in [6.45, 7) is 9.41. The van der Waals surface area contributed by atoms with E-state index < -0.39 is 0 Å². The monoisotopic (exact) mass is 279 g/mol. The third-order valence-corrected chi connectivity index (χ3v) is 3.28. The lowest BCUT2D eigenvalue weighted by atomic mass is 9.99. The molecule has 0 fully saturated rings. The SMILES string of the molecule is CCCNC(c1cccc(OC(C)C)c1)C(CC)OC. The van der Waals surface area contributed by atoms with Crippen molar-refractivity contribution >= 4 is 0 Å². The van der Waals surface area contributed by atoms with Gasteiger partial charge >= 0.3 is 0 Å².